The molecule has 0 unspecified atom stereocenters. The summed E-state index contributed by atoms with van der Waals surface area (Å²) in [4.78, 5) is 16.5. The highest BCUT2D eigenvalue weighted by molar-refractivity contribution is 9.10. The summed E-state index contributed by atoms with van der Waals surface area (Å²) in [5.41, 5.74) is 6.45. The van der Waals surface area contributed by atoms with E-state index in [0.717, 1.165) is 0 Å². The van der Waals surface area contributed by atoms with E-state index in [1.807, 2.05) is 6.07 Å². The zero-order valence-electron chi connectivity index (χ0n) is 11.4. The molecule has 0 aliphatic carbocycles. The highest BCUT2D eigenvalue weighted by Crippen LogP contribution is 2.19. The van der Waals surface area contributed by atoms with E-state index in [1.54, 1.807) is 30.3 Å². The second-order valence-corrected chi connectivity index (χ2v) is 5.20. The molecule has 1 amide bonds. The van der Waals surface area contributed by atoms with E-state index in [4.69, 9.17) is 10.6 Å². The molecule has 2 aromatic rings. The molecular formula is C15H13BrFN3O2. The summed E-state index contributed by atoms with van der Waals surface area (Å²) in [6.07, 6.45) is 0. The van der Waals surface area contributed by atoms with Gasteiger partial charge >= 0.3 is 0 Å². The van der Waals surface area contributed by atoms with Crippen LogP contribution in [0, 0.1) is 5.82 Å². The van der Waals surface area contributed by atoms with Gasteiger partial charge in [0.15, 0.2) is 12.4 Å². The lowest BCUT2D eigenvalue weighted by atomic mass is 10.2. The molecule has 22 heavy (non-hydrogen) atoms. The highest BCUT2D eigenvalue weighted by Gasteiger charge is 2.08. The number of anilines is 1. The zero-order chi connectivity index (χ0) is 15.9. The van der Waals surface area contributed by atoms with E-state index in [-0.39, 0.29) is 18.1 Å². The average molecular weight is 366 g/mol. The van der Waals surface area contributed by atoms with Crippen molar-refractivity contribution < 1.29 is 14.0 Å². The minimum absolute atomic E-state index is 0.0665. The summed E-state index contributed by atoms with van der Waals surface area (Å²) < 4.78 is 14.1. The first-order valence-electron chi connectivity index (χ1n) is 6.32. The number of rotatable bonds is 5. The molecule has 0 saturated carbocycles. The van der Waals surface area contributed by atoms with E-state index < -0.39 is 11.7 Å². The number of hydrogen-bond donors (Lipinski definition) is 2. The predicted molar refractivity (Wildman–Crippen MR) is 85.8 cm³/mol. The first-order valence-corrected chi connectivity index (χ1v) is 7.11. The van der Waals surface area contributed by atoms with Gasteiger partial charge < -0.3 is 15.9 Å². The van der Waals surface area contributed by atoms with Gasteiger partial charge in [-0.25, -0.2) is 4.39 Å². The van der Waals surface area contributed by atoms with Crippen LogP contribution in [0.1, 0.15) is 5.56 Å². The monoisotopic (exact) mass is 365 g/mol. The van der Waals surface area contributed by atoms with Crippen LogP contribution in [0.5, 0.6) is 0 Å². The second kappa shape index (κ2) is 7.56. The van der Waals surface area contributed by atoms with Crippen LogP contribution in [0.2, 0.25) is 0 Å². The summed E-state index contributed by atoms with van der Waals surface area (Å²) in [7, 11) is 0. The Kier molecular flexibility index (Phi) is 5.48. The number of nitrogens with two attached hydrogens (primary N) is 1. The summed E-state index contributed by atoms with van der Waals surface area (Å²) in [5, 5.41) is 6.03. The Hall–Kier alpha value is -2.41. The number of amides is 1. The molecule has 3 N–H and O–H groups in total. The van der Waals surface area contributed by atoms with Crippen LogP contribution in [0.4, 0.5) is 10.1 Å². The van der Waals surface area contributed by atoms with Crippen molar-refractivity contribution in [2.75, 3.05) is 11.9 Å². The van der Waals surface area contributed by atoms with Crippen molar-refractivity contribution >= 4 is 33.4 Å². The van der Waals surface area contributed by atoms with Crippen LogP contribution in [0.3, 0.4) is 0 Å². The van der Waals surface area contributed by atoms with Crippen LogP contribution in [0.25, 0.3) is 0 Å². The Morgan fingerprint density at radius 3 is 2.68 bits per heavy atom. The predicted octanol–water partition coefficient (Wildman–Crippen LogP) is 2.86. The molecule has 0 radical (unpaired) electrons. The number of carbonyl (C=O) groups excluding carboxylic acids is 1. The van der Waals surface area contributed by atoms with Crippen molar-refractivity contribution in [1.82, 2.24) is 0 Å². The maximum atomic E-state index is 13.5. The Morgan fingerprint density at radius 1 is 1.27 bits per heavy atom. The number of nitrogens with one attached hydrogen (secondary N) is 1. The van der Waals surface area contributed by atoms with Gasteiger partial charge in [0, 0.05) is 10.0 Å². The molecule has 5 nitrogen and oxygen atoms in total. The van der Waals surface area contributed by atoms with Crippen molar-refractivity contribution in [2.24, 2.45) is 10.9 Å². The molecule has 0 spiro atoms. The Bertz CT molecular complexity index is 692. The van der Waals surface area contributed by atoms with Crippen molar-refractivity contribution in [1.29, 1.82) is 0 Å². The number of amidine groups is 1. The average Bonchev–Trinajstić information content (AvgIpc) is 2.51. The normalized spacial score (nSPS) is 11.1. The molecule has 0 heterocycles. The van der Waals surface area contributed by atoms with E-state index >= 15 is 0 Å². The molecule has 2 rings (SSSR count). The summed E-state index contributed by atoms with van der Waals surface area (Å²) in [5.74, 6) is -0.927. The van der Waals surface area contributed by atoms with Gasteiger partial charge in [-0.3, -0.25) is 4.79 Å². The molecule has 0 saturated heterocycles. The Labute approximate surface area is 135 Å². The molecule has 0 aliphatic rings. The van der Waals surface area contributed by atoms with Gasteiger partial charge in [0.1, 0.15) is 5.82 Å². The van der Waals surface area contributed by atoms with E-state index in [9.17, 15) is 9.18 Å². The fourth-order valence-corrected chi connectivity index (χ4v) is 1.93. The van der Waals surface area contributed by atoms with Crippen LogP contribution in [-0.2, 0) is 9.63 Å². The first kappa shape index (κ1) is 16.0. The zero-order valence-corrected chi connectivity index (χ0v) is 13.0. The maximum Gasteiger partial charge on any atom is 0.265 e. The lowest BCUT2D eigenvalue weighted by Gasteiger charge is -2.06. The lowest BCUT2D eigenvalue weighted by molar-refractivity contribution is -0.120. The molecular weight excluding hydrogens is 353 g/mol. The van der Waals surface area contributed by atoms with Crippen LogP contribution < -0.4 is 11.1 Å². The Morgan fingerprint density at radius 2 is 2.00 bits per heavy atom. The van der Waals surface area contributed by atoms with Crippen LogP contribution in [0.15, 0.2) is 58.2 Å². The fourth-order valence-electron chi connectivity index (χ4n) is 1.60. The molecule has 7 heteroatoms. The van der Waals surface area contributed by atoms with Crippen molar-refractivity contribution in [3.63, 3.8) is 0 Å². The van der Waals surface area contributed by atoms with E-state index in [0.29, 0.717) is 10.0 Å². The largest absolute Gasteiger partial charge is 0.384 e. The van der Waals surface area contributed by atoms with E-state index in [1.165, 1.54) is 12.1 Å². The van der Waals surface area contributed by atoms with Gasteiger partial charge in [0.05, 0.1) is 5.69 Å². The number of benzene rings is 2. The minimum Gasteiger partial charge on any atom is -0.384 e. The molecule has 0 bridgehead atoms. The van der Waals surface area contributed by atoms with Crippen molar-refractivity contribution in [3.8, 4) is 0 Å². The topological polar surface area (TPSA) is 76.7 Å². The quantitative estimate of drug-likeness (QED) is 0.485. The summed E-state index contributed by atoms with van der Waals surface area (Å²) in [6.45, 7) is -0.372. The van der Waals surface area contributed by atoms with Gasteiger partial charge in [0.2, 0.25) is 0 Å². The van der Waals surface area contributed by atoms with E-state index in [2.05, 4.69) is 26.4 Å². The third-order valence-electron chi connectivity index (χ3n) is 2.63. The third kappa shape index (κ3) is 4.56. The van der Waals surface area contributed by atoms with Crippen LogP contribution >= 0.6 is 15.9 Å². The summed E-state index contributed by atoms with van der Waals surface area (Å²) in [6, 6.07) is 13.3. The SMILES string of the molecule is N/C(=N/OCC(=O)Nc1ccc(Br)cc1F)c1ccccc1. The molecule has 2 aromatic carbocycles. The summed E-state index contributed by atoms with van der Waals surface area (Å²) >= 11 is 3.13. The van der Waals surface area contributed by atoms with Crippen LogP contribution in [-0.4, -0.2) is 18.3 Å². The lowest BCUT2D eigenvalue weighted by Crippen LogP contribution is -2.20. The number of halogens is 2. The Balaban J connectivity index is 1.88. The standard InChI is InChI=1S/C15H13BrFN3O2/c16-11-6-7-13(12(17)8-11)19-14(21)9-22-20-15(18)10-4-2-1-3-5-10/h1-8H,9H2,(H2,18,20)(H,19,21). The molecule has 114 valence electrons. The molecule has 0 atom stereocenters. The minimum atomic E-state index is -0.546. The van der Waals surface area contributed by atoms with Gasteiger partial charge in [-0.15, -0.1) is 0 Å². The smallest absolute Gasteiger partial charge is 0.265 e. The molecule has 0 aromatic heterocycles. The third-order valence-corrected chi connectivity index (χ3v) is 3.13. The van der Waals surface area contributed by atoms with Gasteiger partial charge in [-0.1, -0.05) is 51.4 Å². The van der Waals surface area contributed by atoms with Gasteiger partial charge in [0.25, 0.3) is 5.91 Å². The molecule has 0 aliphatic heterocycles. The number of carbonyl (C=O) groups is 1. The van der Waals surface area contributed by atoms with Gasteiger partial charge in [-0.05, 0) is 18.2 Å². The first-order chi connectivity index (χ1) is 10.6. The van der Waals surface area contributed by atoms with Gasteiger partial charge in [-0.2, -0.15) is 0 Å². The highest BCUT2D eigenvalue weighted by atomic mass is 79.9. The number of oxime groups is 1. The maximum absolute atomic E-state index is 13.5. The fraction of sp³-hybridized carbons (Fsp3) is 0.0667. The number of hydrogen-bond acceptors (Lipinski definition) is 3. The van der Waals surface area contributed by atoms with Crippen molar-refractivity contribution in [2.45, 2.75) is 0 Å². The molecule has 0 fully saturated rings. The van der Waals surface area contributed by atoms with Crippen molar-refractivity contribution in [3.05, 3.63) is 64.4 Å². The number of nitrogens with zero attached hydrogens (tertiary/aromatic N) is 1. The second-order valence-electron chi connectivity index (χ2n) is 4.29.